The Hall–Kier alpha value is 1.16. The Bertz CT molecular complexity index is 208. The summed E-state index contributed by atoms with van der Waals surface area (Å²) in [6.07, 6.45) is 0. The zero-order chi connectivity index (χ0) is 11.1. The maximum atomic E-state index is 2.48. The predicted molar refractivity (Wildman–Crippen MR) is 79.1 cm³/mol. The highest BCUT2D eigenvalue weighted by Gasteiger charge is 2.43. The average Bonchev–Trinajstić information content (AvgIpc) is 1.44. The lowest BCUT2D eigenvalue weighted by atomic mass is 11.7. The average molecular weight is 240 g/mol. The number of hydrogen-bond acceptors (Lipinski definition) is 0. The fourth-order valence-corrected chi connectivity index (χ4v) is 24.3. The minimum absolute atomic E-state index is 0.753. The van der Waals surface area contributed by atoms with Crippen molar-refractivity contribution >= 4 is 26.2 Å². The van der Waals surface area contributed by atoms with E-state index in [1.807, 2.05) is 4.78 Å². The van der Waals surface area contributed by atoms with Crippen LogP contribution >= 0.6 is 21.4 Å². The third-order valence-corrected chi connectivity index (χ3v) is 16.2. The van der Waals surface area contributed by atoms with Gasteiger partial charge < -0.3 is 0 Å². The van der Waals surface area contributed by atoms with Gasteiger partial charge in [0, 0.05) is 0 Å². The van der Waals surface area contributed by atoms with Crippen LogP contribution in [0.3, 0.4) is 0 Å². The normalized spacial score (nSPS) is 14.5. The Morgan fingerprint density at radius 2 is 0.923 bits per heavy atom. The molecule has 0 aliphatic carbocycles. The molecule has 0 spiro atoms. The summed E-state index contributed by atoms with van der Waals surface area (Å²) in [7, 11) is -1.51. The van der Waals surface area contributed by atoms with Crippen LogP contribution in [0.2, 0.25) is 0 Å². The topological polar surface area (TPSA) is 0 Å². The van der Waals surface area contributed by atoms with E-state index in [9.17, 15) is 0 Å². The number of rotatable bonds is 2. The molecule has 0 aliphatic rings. The molecule has 3 heteroatoms. The van der Waals surface area contributed by atoms with Crippen LogP contribution in [0, 0.1) is 0 Å². The van der Waals surface area contributed by atoms with Gasteiger partial charge in [0.25, 0.3) is 0 Å². The third kappa shape index (κ3) is 4.46. The Balaban J connectivity index is 5.56. The summed E-state index contributed by atoms with van der Waals surface area (Å²) in [6.45, 7) is 21.6. The molecule has 0 aromatic heterocycles. The van der Waals surface area contributed by atoms with Gasteiger partial charge in [-0.25, -0.2) is 0 Å². The Kier molecular flexibility index (Phi) is 4.32. The first-order valence-electron chi connectivity index (χ1n) is 4.70. The van der Waals surface area contributed by atoms with Crippen molar-refractivity contribution in [1.82, 2.24) is 0 Å². The third-order valence-electron chi connectivity index (χ3n) is 1.80. The van der Waals surface area contributed by atoms with Gasteiger partial charge in [-0.15, -0.1) is 0 Å². The molecule has 0 aliphatic heterocycles. The molecule has 0 aromatic carbocycles. The van der Waals surface area contributed by atoms with E-state index in [0.717, 1.165) is 0 Å². The van der Waals surface area contributed by atoms with Crippen molar-refractivity contribution in [2.45, 2.75) is 0 Å². The van der Waals surface area contributed by atoms with Gasteiger partial charge in [0.1, 0.15) is 0 Å². The fourth-order valence-electron chi connectivity index (χ4n) is 2.70. The molecule has 0 N–H and O–H groups in total. The van der Waals surface area contributed by atoms with E-state index in [2.05, 4.69) is 60.0 Å². The summed E-state index contributed by atoms with van der Waals surface area (Å²) >= 11 is 0. The molecule has 0 nitrogen and oxygen atoms in total. The van der Waals surface area contributed by atoms with Crippen molar-refractivity contribution < 1.29 is 0 Å². The van der Waals surface area contributed by atoms with Gasteiger partial charge in [-0.1, -0.05) is 0 Å². The zero-order valence-electron chi connectivity index (χ0n) is 10.8. The predicted octanol–water partition coefficient (Wildman–Crippen LogP) is 3.79. The standard InChI is InChI=1S/C10H27P3/c1-11(2,3)10(12(4,5)6)13(7,8)9/h1-9H3/q+2. The maximum absolute atomic E-state index is 2.48. The van der Waals surface area contributed by atoms with Gasteiger partial charge >= 0.3 is 0 Å². The van der Waals surface area contributed by atoms with E-state index in [0.29, 0.717) is 0 Å². The van der Waals surface area contributed by atoms with Crippen molar-refractivity contribution in [3.8, 4) is 0 Å². The Morgan fingerprint density at radius 3 is 0.923 bits per heavy atom. The molecule has 0 saturated carbocycles. The monoisotopic (exact) mass is 240 g/mol. The highest BCUT2D eigenvalue weighted by molar-refractivity contribution is 8.24. The van der Waals surface area contributed by atoms with Gasteiger partial charge in [-0.2, -0.15) is 0 Å². The molecule has 0 amide bonds. The molecule has 0 saturated heterocycles. The fraction of sp³-hybridized carbons (Fsp3) is 0.900. The van der Waals surface area contributed by atoms with E-state index in [4.69, 9.17) is 0 Å². The molecule has 80 valence electrons. The number of hydrogen-bond donors (Lipinski definition) is 0. The van der Waals surface area contributed by atoms with E-state index >= 15 is 0 Å². The minimum Gasteiger partial charge on any atom is -0.0382 e. The lowest BCUT2D eigenvalue weighted by molar-refractivity contribution is 2.02. The van der Waals surface area contributed by atoms with Crippen molar-refractivity contribution in [2.75, 3.05) is 60.0 Å². The van der Waals surface area contributed by atoms with Crippen molar-refractivity contribution in [3.63, 3.8) is 0 Å². The van der Waals surface area contributed by atoms with Crippen LogP contribution < -0.4 is 0 Å². The first-order chi connectivity index (χ1) is 5.37. The molecular formula is C10H27P3+2. The van der Waals surface area contributed by atoms with Crippen LogP contribution in [-0.4, -0.2) is 64.8 Å². The highest BCUT2D eigenvalue weighted by atomic mass is 31.3. The van der Waals surface area contributed by atoms with Gasteiger partial charge in [0.2, 0.25) is 0 Å². The second-order valence-corrected chi connectivity index (χ2v) is 20.8. The largest absolute Gasteiger partial charge is 0.191 e. The van der Waals surface area contributed by atoms with E-state index < -0.39 is 21.4 Å². The summed E-state index contributed by atoms with van der Waals surface area (Å²) in [6, 6.07) is 0. The summed E-state index contributed by atoms with van der Waals surface area (Å²) < 4.78 is 1.98. The second-order valence-electron chi connectivity index (χ2n) is 6.34. The van der Waals surface area contributed by atoms with Crippen LogP contribution in [0.4, 0.5) is 0 Å². The summed E-state index contributed by atoms with van der Waals surface area (Å²) in [5.41, 5.74) is 0. The van der Waals surface area contributed by atoms with E-state index in [1.165, 1.54) is 0 Å². The van der Waals surface area contributed by atoms with E-state index in [-0.39, 0.29) is 0 Å². The van der Waals surface area contributed by atoms with Crippen LogP contribution in [0.25, 0.3) is 0 Å². The Labute approximate surface area is 86.5 Å². The zero-order valence-corrected chi connectivity index (χ0v) is 13.5. The lowest BCUT2D eigenvalue weighted by Crippen LogP contribution is -2.09. The molecular weight excluding hydrogens is 213 g/mol. The summed E-state index contributed by atoms with van der Waals surface area (Å²) in [5.74, 6) is 0. The maximum Gasteiger partial charge on any atom is 0.191 e. The summed E-state index contributed by atoms with van der Waals surface area (Å²) in [4.78, 5) is 0. The highest BCUT2D eigenvalue weighted by Crippen LogP contribution is 2.73. The first kappa shape index (κ1) is 14.2. The van der Waals surface area contributed by atoms with Crippen molar-refractivity contribution in [2.24, 2.45) is 0 Å². The van der Waals surface area contributed by atoms with Crippen molar-refractivity contribution in [1.29, 1.82) is 0 Å². The molecule has 0 unspecified atom stereocenters. The van der Waals surface area contributed by atoms with Gasteiger partial charge in [0.15, 0.2) is 4.78 Å². The van der Waals surface area contributed by atoms with E-state index in [1.54, 1.807) is 0 Å². The molecule has 0 bridgehead atoms. The van der Waals surface area contributed by atoms with Crippen molar-refractivity contribution in [3.05, 3.63) is 0 Å². The molecule has 0 aromatic rings. The SMILES string of the molecule is CP(C)(C)=C([P+](C)(C)C)[P+](C)(C)C. The second kappa shape index (κ2) is 3.96. The summed E-state index contributed by atoms with van der Waals surface area (Å²) in [5, 5.41) is 0. The quantitative estimate of drug-likeness (QED) is 0.644. The van der Waals surface area contributed by atoms with Crippen LogP contribution in [-0.2, 0) is 0 Å². The van der Waals surface area contributed by atoms with Gasteiger partial charge in [0.05, 0.1) is 54.5 Å². The lowest BCUT2D eigenvalue weighted by Gasteiger charge is -2.27. The molecule has 0 heterocycles. The molecule has 0 rings (SSSR count). The minimum atomic E-state index is -0.753. The molecule has 0 atom stereocenters. The van der Waals surface area contributed by atoms with Crippen LogP contribution in [0.1, 0.15) is 0 Å². The van der Waals surface area contributed by atoms with Gasteiger partial charge in [-0.3, -0.25) is 0 Å². The molecule has 13 heavy (non-hydrogen) atoms. The smallest absolute Gasteiger partial charge is 0.0382 e. The Morgan fingerprint density at radius 1 is 0.692 bits per heavy atom. The van der Waals surface area contributed by atoms with Crippen LogP contribution in [0.5, 0.6) is 0 Å². The first-order valence-corrected chi connectivity index (χ1v) is 14.1. The van der Waals surface area contributed by atoms with Crippen LogP contribution in [0.15, 0.2) is 0 Å². The molecule has 0 fully saturated rings. The van der Waals surface area contributed by atoms with Gasteiger partial charge in [-0.05, 0) is 26.9 Å². The molecule has 0 radical (unpaired) electrons.